The van der Waals surface area contributed by atoms with E-state index in [0.29, 0.717) is 5.04 Å². The molecule has 0 N–H and O–H groups in total. The van der Waals surface area contributed by atoms with Crippen molar-refractivity contribution in [2.75, 3.05) is 0 Å². The fourth-order valence-electron chi connectivity index (χ4n) is 2.46. The Morgan fingerprint density at radius 3 is 2.14 bits per heavy atom. The molecule has 0 atom stereocenters. The molecule has 1 rings (SSSR count). The van der Waals surface area contributed by atoms with E-state index in [1.54, 1.807) is 0 Å². The molecule has 0 spiro atoms. The summed E-state index contributed by atoms with van der Waals surface area (Å²) in [6.07, 6.45) is 3.25. The summed E-state index contributed by atoms with van der Waals surface area (Å²) < 4.78 is 0. The van der Waals surface area contributed by atoms with Gasteiger partial charge in [-0.25, -0.2) is 0 Å². The minimum absolute atomic E-state index is 0.346. The minimum atomic E-state index is -1.52. The average molecular weight is 313 g/mol. The molecule has 1 aromatic rings. The normalized spacial score (nSPS) is 11.6. The van der Waals surface area contributed by atoms with Crippen LogP contribution >= 0.6 is 0 Å². The number of unbranched alkanes of at least 4 members (excludes halogenated alkanes) is 1. The van der Waals surface area contributed by atoms with Crippen molar-refractivity contribution in [2.45, 2.75) is 72.0 Å². The maximum atomic E-state index is 3.54. The Kier molecular flexibility index (Phi) is 6.69. The van der Waals surface area contributed by atoms with Crippen LogP contribution in [0.3, 0.4) is 0 Å². The van der Waals surface area contributed by atoms with Crippen LogP contribution in [0, 0.1) is 11.8 Å². The first-order valence-electron chi connectivity index (χ1n) is 8.37. The largest absolute Gasteiger partial charge is 0.0986 e. The minimum Gasteiger partial charge on any atom is -0.0986 e. The molecule has 0 nitrogen and oxygen atoms in total. The summed E-state index contributed by atoms with van der Waals surface area (Å²) in [6.45, 7) is 16.4. The van der Waals surface area contributed by atoms with E-state index in [9.17, 15) is 0 Å². The lowest BCUT2D eigenvalue weighted by Gasteiger charge is -2.37. The topological polar surface area (TPSA) is 0 Å². The lowest BCUT2D eigenvalue weighted by molar-refractivity contribution is 0.726. The lowest BCUT2D eigenvalue weighted by atomic mass is 10.1. The van der Waals surface area contributed by atoms with Crippen LogP contribution in [0.2, 0.25) is 18.1 Å². The molecular weight excluding hydrogens is 280 g/mol. The smallest absolute Gasteiger partial charge is 0.0966 e. The number of benzene rings is 1. The first-order chi connectivity index (χ1) is 10.2. The van der Waals surface area contributed by atoms with E-state index in [4.69, 9.17) is 0 Å². The first-order valence-corrected chi connectivity index (χ1v) is 11.4. The van der Waals surface area contributed by atoms with Gasteiger partial charge in [-0.1, -0.05) is 81.6 Å². The number of hydrogen-bond donors (Lipinski definition) is 0. The Labute approximate surface area is 139 Å². The van der Waals surface area contributed by atoms with E-state index in [1.807, 2.05) is 0 Å². The van der Waals surface area contributed by atoms with Crippen molar-refractivity contribution in [2.24, 2.45) is 0 Å². The van der Waals surface area contributed by atoms with E-state index in [0.717, 1.165) is 19.3 Å². The molecule has 0 aliphatic heterocycles. The van der Waals surface area contributed by atoms with Gasteiger partial charge >= 0.3 is 0 Å². The molecule has 0 saturated carbocycles. The molecule has 120 valence electrons. The van der Waals surface area contributed by atoms with Gasteiger partial charge in [-0.15, -0.1) is 0 Å². The van der Waals surface area contributed by atoms with Crippen molar-refractivity contribution < 1.29 is 0 Å². The zero-order valence-electron chi connectivity index (χ0n) is 15.5. The summed E-state index contributed by atoms with van der Waals surface area (Å²) in [4.78, 5) is 0. The number of allylic oxidation sites excluding steroid dienone is 2. The van der Waals surface area contributed by atoms with Crippen molar-refractivity contribution >= 4 is 8.07 Å². The highest BCUT2D eigenvalue weighted by Gasteiger charge is 2.38. The predicted octanol–water partition coefficient (Wildman–Crippen LogP) is 6.40. The highest BCUT2D eigenvalue weighted by molar-refractivity contribution is 6.87. The van der Waals surface area contributed by atoms with Gasteiger partial charge in [-0.3, -0.25) is 0 Å². The van der Waals surface area contributed by atoms with Gasteiger partial charge in [0.15, 0.2) is 0 Å². The fraction of sp³-hybridized carbons (Fsp3) is 0.524. The van der Waals surface area contributed by atoms with Crippen molar-refractivity contribution in [3.63, 3.8) is 0 Å². The highest BCUT2D eigenvalue weighted by atomic mass is 28.3. The maximum absolute atomic E-state index is 3.54. The molecule has 0 unspecified atom stereocenters. The molecule has 0 bridgehead atoms. The molecule has 1 heteroatoms. The predicted molar refractivity (Wildman–Crippen MR) is 103 cm³/mol. The fourth-order valence-corrected chi connectivity index (χ4v) is 4.86. The average Bonchev–Trinajstić information content (AvgIpc) is 2.41. The second kappa shape index (κ2) is 7.84. The Morgan fingerprint density at radius 1 is 1.05 bits per heavy atom. The summed E-state index contributed by atoms with van der Waals surface area (Å²) in [5.74, 6) is 6.99. The number of rotatable bonds is 4. The molecule has 0 saturated heterocycles. The number of hydrogen-bond acceptors (Lipinski definition) is 0. The van der Waals surface area contributed by atoms with Crippen LogP contribution < -0.4 is 0 Å². The standard InChI is InChI=1S/C21H32Si/c1-18(2)20(22(6,7)21(3,4)5)17-13-9-12-16-19-14-10-8-11-15-19/h8,10-11,14-15H,9,12,16H2,1-7H3. The van der Waals surface area contributed by atoms with Gasteiger partial charge in [-0.2, -0.15) is 0 Å². The monoisotopic (exact) mass is 312 g/mol. The maximum Gasteiger partial charge on any atom is 0.0966 e. The van der Waals surface area contributed by atoms with E-state index in [2.05, 4.69) is 89.9 Å². The molecule has 0 radical (unpaired) electrons. The van der Waals surface area contributed by atoms with Gasteiger partial charge < -0.3 is 0 Å². The summed E-state index contributed by atoms with van der Waals surface area (Å²) >= 11 is 0. The van der Waals surface area contributed by atoms with Crippen LogP contribution in [0.5, 0.6) is 0 Å². The Bertz CT molecular complexity index is 555. The second-order valence-corrected chi connectivity index (χ2v) is 13.1. The summed E-state index contributed by atoms with van der Waals surface area (Å²) in [6, 6.07) is 10.7. The van der Waals surface area contributed by atoms with Gasteiger partial charge in [0.2, 0.25) is 0 Å². The Morgan fingerprint density at radius 2 is 1.64 bits per heavy atom. The van der Waals surface area contributed by atoms with Gasteiger partial charge in [0.25, 0.3) is 0 Å². The SMILES string of the molecule is CC(C)=C(C#CCCCc1ccccc1)[Si](C)(C)C(C)(C)C. The van der Waals surface area contributed by atoms with Crippen molar-refractivity contribution in [3.8, 4) is 11.8 Å². The first kappa shape index (κ1) is 18.8. The Balaban J connectivity index is 2.70. The zero-order chi connectivity index (χ0) is 16.8. The van der Waals surface area contributed by atoms with Crippen LogP contribution in [0.15, 0.2) is 41.1 Å². The van der Waals surface area contributed by atoms with Gasteiger partial charge in [-0.05, 0) is 42.5 Å². The van der Waals surface area contributed by atoms with E-state index >= 15 is 0 Å². The Hall–Kier alpha value is -1.26. The molecule has 1 aromatic carbocycles. The summed E-state index contributed by atoms with van der Waals surface area (Å²) in [5, 5.41) is 1.79. The molecule has 0 aliphatic rings. The van der Waals surface area contributed by atoms with E-state index in [-0.39, 0.29) is 0 Å². The zero-order valence-corrected chi connectivity index (χ0v) is 16.5. The van der Waals surface area contributed by atoms with Gasteiger partial charge in [0.05, 0.1) is 8.07 Å². The summed E-state index contributed by atoms with van der Waals surface area (Å²) in [7, 11) is -1.52. The van der Waals surface area contributed by atoms with Crippen molar-refractivity contribution in [3.05, 3.63) is 46.7 Å². The summed E-state index contributed by atoms with van der Waals surface area (Å²) in [5.41, 5.74) is 2.82. The third-order valence-corrected chi connectivity index (χ3v) is 10.4. The van der Waals surface area contributed by atoms with Gasteiger partial charge in [0.1, 0.15) is 0 Å². The molecule has 0 aromatic heterocycles. The van der Waals surface area contributed by atoms with Crippen molar-refractivity contribution in [1.82, 2.24) is 0 Å². The molecule has 0 heterocycles. The molecule has 0 amide bonds. The molecular formula is C21H32Si. The lowest BCUT2D eigenvalue weighted by Crippen LogP contribution is -2.39. The van der Waals surface area contributed by atoms with Crippen LogP contribution in [-0.4, -0.2) is 8.07 Å². The van der Waals surface area contributed by atoms with Crippen LogP contribution in [0.25, 0.3) is 0 Å². The van der Waals surface area contributed by atoms with Gasteiger partial charge in [0, 0.05) is 6.42 Å². The molecule has 22 heavy (non-hydrogen) atoms. The third-order valence-electron chi connectivity index (χ3n) is 4.82. The van der Waals surface area contributed by atoms with E-state index in [1.165, 1.54) is 16.3 Å². The molecule has 0 fully saturated rings. The quantitative estimate of drug-likeness (QED) is 0.343. The number of aryl methyl sites for hydroxylation is 1. The van der Waals surface area contributed by atoms with Crippen LogP contribution in [0.4, 0.5) is 0 Å². The second-order valence-electron chi connectivity index (χ2n) is 7.89. The highest BCUT2D eigenvalue weighted by Crippen LogP contribution is 2.41. The van der Waals surface area contributed by atoms with Crippen molar-refractivity contribution in [1.29, 1.82) is 0 Å². The molecule has 0 aliphatic carbocycles. The van der Waals surface area contributed by atoms with Crippen LogP contribution in [-0.2, 0) is 6.42 Å². The van der Waals surface area contributed by atoms with Crippen LogP contribution in [0.1, 0.15) is 53.0 Å². The van der Waals surface area contributed by atoms with E-state index < -0.39 is 8.07 Å². The third kappa shape index (κ3) is 5.18.